The molecule has 2 rings (SSSR count). The summed E-state index contributed by atoms with van der Waals surface area (Å²) in [5.41, 5.74) is 0. The minimum atomic E-state index is 0. The summed E-state index contributed by atoms with van der Waals surface area (Å²) in [6.45, 7) is 12.0. The van der Waals surface area contributed by atoms with E-state index in [1.165, 1.54) is 19.5 Å². The third kappa shape index (κ3) is 6.72. The fourth-order valence-corrected chi connectivity index (χ4v) is 3.61. The average Bonchev–Trinajstić information content (AvgIpc) is 2.80. The van der Waals surface area contributed by atoms with Gasteiger partial charge in [0.15, 0.2) is 0 Å². The third-order valence-electron chi connectivity index (χ3n) is 4.30. The molecule has 21 heavy (non-hydrogen) atoms. The monoisotopic (exact) mass is 339 g/mol. The largest absolute Gasteiger partial charge is 0.352 e. The molecule has 2 saturated heterocycles. The van der Waals surface area contributed by atoms with Crippen molar-refractivity contribution in [3.63, 3.8) is 0 Å². The molecule has 2 N–H and O–H groups in total. The summed E-state index contributed by atoms with van der Waals surface area (Å²) < 4.78 is 0. The van der Waals surface area contributed by atoms with Gasteiger partial charge < -0.3 is 15.5 Å². The Morgan fingerprint density at radius 3 is 2.43 bits per heavy atom. The molecule has 4 atom stereocenters. The molecule has 0 radical (unpaired) electrons. The van der Waals surface area contributed by atoms with Gasteiger partial charge in [-0.2, -0.15) is 0 Å². The smallest absolute Gasteiger partial charge is 0.224 e. The molecular weight excluding hydrogens is 309 g/mol. The van der Waals surface area contributed by atoms with Gasteiger partial charge in [0.1, 0.15) is 0 Å². The van der Waals surface area contributed by atoms with E-state index in [-0.39, 0.29) is 42.7 Å². The van der Waals surface area contributed by atoms with E-state index >= 15 is 0 Å². The highest BCUT2D eigenvalue weighted by Crippen LogP contribution is 2.20. The zero-order chi connectivity index (χ0) is 13.8. The molecule has 4 nitrogen and oxygen atoms in total. The number of carbonyl (C=O) groups is 1. The minimum absolute atomic E-state index is 0. The van der Waals surface area contributed by atoms with Crippen molar-refractivity contribution in [1.29, 1.82) is 0 Å². The minimum Gasteiger partial charge on any atom is -0.352 e. The second-order valence-corrected chi connectivity index (χ2v) is 6.76. The van der Waals surface area contributed by atoms with Gasteiger partial charge in [-0.3, -0.25) is 4.79 Å². The predicted octanol–water partition coefficient (Wildman–Crippen LogP) is 1.92. The number of likely N-dealkylation sites (tertiary alicyclic amines) is 1. The van der Waals surface area contributed by atoms with Crippen LogP contribution in [0.2, 0.25) is 0 Å². The Labute approximate surface area is 141 Å². The normalized spacial score (nSPS) is 30.9. The number of hydrogen-bond acceptors (Lipinski definition) is 3. The van der Waals surface area contributed by atoms with E-state index in [1.807, 2.05) is 0 Å². The van der Waals surface area contributed by atoms with Gasteiger partial charge in [0.05, 0.1) is 5.92 Å². The van der Waals surface area contributed by atoms with E-state index in [9.17, 15) is 4.79 Å². The maximum Gasteiger partial charge on any atom is 0.224 e. The molecular formula is C15H31Cl2N3O. The molecule has 0 aromatic carbocycles. The van der Waals surface area contributed by atoms with E-state index in [2.05, 4.69) is 36.3 Å². The molecule has 0 aromatic heterocycles. The molecule has 126 valence electrons. The second-order valence-electron chi connectivity index (χ2n) is 6.76. The summed E-state index contributed by atoms with van der Waals surface area (Å²) in [6, 6.07) is 0.255. The van der Waals surface area contributed by atoms with E-state index in [1.54, 1.807) is 0 Å². The van der Waals surface area contributed by atoms with Crippen molar-refractivity contribution in [2.24, 2.45) is 17.8 Å². The van der Waals surface area contributed by atoms with Crippen LogP contribution in [0.1, 0.15) is 33.6 Å². The molecule has 0 saturated carbocycles. The SMILES string of the molecule is CC1CC(C)CN(CC(C)NC(=O)C2CCNC2)C1.Cl.Cl. The average molecular weight is 340 g/mol. The van der Waals surface area contributed by atoms with Gasteiger partial charge >= 0.3 is 0 Å². The Kier molecular flexibility index (Phi) is 9.87. The molecule has 2 aliphatic heterocycles. The van der Waals surface area contributed by atoms with Crippen LogP contribution in [0.25, 0.3) is 0 Å². The number of piperidine rings is 1. The lowest BCUT2D eigenvalue weighted by molar-refractivity contribution is -0.125. The molecule has 0 spiro atoms. The van der Waals surface area contributed by atoms with E-state index in [0.717, 1.165) is 37.9 Å². The van der Waals surface area contributed by atoms with Crippen molar-refractivity contribution >= 4 is 30.7 Å². The molecule has 2 heterocycles. The Morgan fingerprint density at radius 1 is 1.29 bits per heavy atom. The molecule has 2 aliphatic rings. The number of halogens is 2. The maximum atomic E-state index is 12.1. The molecule has 0 bridgehead atoms. The number of nitrogens with one attached hydrogen (secondary N) is 2. The predicted molar refractivity (Wildman–Crippen MR) is 92.5 cm³/mol. The Hall–Kier alpha value is -0.0300. The summed E-state index contributed by atoms with van der Waals surface area (Å²) in [4.78, 5) is 14.6. The van der Waals surface area contributed by atoms with Crippen LogP contribution in [-0.2, 0) is 4.79 Å². The highest BCUT2D eigenvalue weighted by molar-refractivity contribution is 5.85. The number of carbonyl (C=O) groups excluding carboxylic acids is 1. The molecule has 0 aromatic rings. The van der Waals surface area contributed by atoms with Crippen molar-refractivity contribution in [3.05, 3.63) is 0 Å². The Bertz CT molecular complexity index is 301. The van der Waals surface area contributed by atoms with Crippen LogP contribution in [0.4, 0.5) is 0 Å². The lowest BCUT2D eigenvalue weighted by Crippen LogP contribution is -2.48. The number of rotatable bonds is 4. The standard InChI is InChI=1S/C15H29N3O.2ClH/c1-11-6-12(2)9-18(8-11)10-13(3)17-15(19)14-4-5-16-7-14;;/h11-14,16H,4-10H2,1-3H3,(H,17,19);2*1H. The van der Waals surface area contributed by atoms with Crippen LogP contribution in [-0.4, -0.2) is 49.6 Å². The highest BCUT2D eigenvalue weighted by atomic mass is 35.5. The Balaban J connectivity index is 0.00000200. The van der Waals surface area contributed by atoms with Gasteiger partial charge in [-0.25, -0.2) is 0 Å². The zero-order valence-corrected chi connectivity index (χ0v) is 15.1. The third-order valence-corrected chi connectivity index (χ3v) is 4.30. The van der Waals surface area contributed by atoms with Crippen LogP contribution in [0.15, 0.2) is 0 Å². The van der Waals surface area contributed by atoms with Crippen molar-refractivity contribution in [2.75, 3.05) is 32.7 Å². The first kappa shape index (κ1) is 21.0. The van der Waals surface area contributed by atoms with Crippen LogP contribution in [0.3, 0.4) is 0 Å². The Morgan fingerprint density at radius 2 is 1.90 bits per heavy atom. The van der Waals surface area contributed by atoms with Crippen molar-refractivity contribution in [2.45, 2.75) is 39.7 Å². The number of nitrogens with zero attached hydrogens (tertiary/aromatic N) is 1. The van der Waals surface area contributed by atoms with Gasteiger partial charge in [-0.05, 0) is 38.1 Å². The summed E-state index contributed by atoms with van der Waals surface area (Å²) in [6.07, 6.45) is 2.32. The fourth-order valence-electron chi connectivity index (χ4n) is 3.61. The quantitative estimate of drug-likeness (QED) is 0.822. The van der Waals surface area contributed by atoms with Gasteiger partial charge in [-0.1, -0.05) is 13.8 Å². The number of hydrogen-bond donors (Lipinski definition) is 2. The van der Waals surface area contributed by atoms with Gasteiger partial charge in [-0.15, -0.1) is 24.8 Å². The lowest BCUT2D eigenvalue weighted by atomic mass is 9.91. The molecule has 6 heteroatoms. The van der Waals surface area contributed by atoms with Gasteiger partial charge in [0.25, 0.3) is 0 Å². The van der Waals surface area contributed by atoms with E-state index in [4.69, 9.17) is 0 Å². The summed E-state index contributed by atoms with van der Waals surface area (Å²) in [5, 5.41) is 6.43. The van der Waals surface area contributed by atoms with Gasteiger partial charge in [0.2, 0.25) is 5.91 Å². The lowest BCUT2D eigenvalue weighted by Gasteiger charge is -2.36. The second kappa shape index (κ2) is 9.88. The first-order chi connectivity index (χ1) is 9.04. The molecule has 4 unspecified atom stereocenters. The van der Waals surface area contributed by atoms with Crippen molar-refractivity contribution < 1.29 is 4.79 Å². The molecule has 1 amide bonds. The van der Waals surface area contributed by atoms with Crippen LogP contribution in [0.5, 0.6) is 0 Å². The van der Waals surface area contributed by atoms with Crippen molar-refractivity contribution in [1.82, 2.24) is 15.5 Å². The summed E-state index contributed by atoms with van der Waals surface area (Å²) >= 11 is 0. The first-order valence-electron chi connectivity index (χ1n) is 7.78. The molecule has 2 fully saturated rings. The summed E-state index contributed by atoms with van der Waals surface area (Å²) in [7, 11) is 0. The van der Waals surface area contributed by atoms with E-state index < -0.39 is 0 Å². The topological polar surface area (TPSA) is 44.4 Å². The van der Waals surface area contributed by atoms with Crippen LogP contribution >= 0.6 is 24.8 Å². The first-order valence-corrected chi connectivity index (χ1v) is 7.78. The highest BCUT2D eigenvalue weighted by Gasteiger charge is 2.26. The van der Waals surface area contributed by atoms with E-state index in [0.29, 0.717) is 0 Å². The number of amides is 1. The molecule has 0 aliphatic carbocycles. The summed E-state index contributed by atoms with van der Waals surface area (Å²) in [5.74, 6) is 1.98. The maximum absolute atomic E-state index is 12.1. The van der Waals surface area contributed by atoms with Crippen LogP contribution in [0, 0.1) is 17.8 Å². The van der Waals surface area contributed by atoms with Crippen LogP contribution < -0.4 is 10.6 Å². The van der Waals surface area contributed by atoms with Gasteiger partial charge in [0, 0.05) is 32.2 Å². The van der Waals surface area contributed by atoms with Crippen molar-refractivity contribution in [3.8, 4) is 0 Å². The zero-order valence-electron chi connectivity index (χ0n) is 13.4. The fraction of sp³-hybridized carbons (Fsp3) is 0.933.